The molecule has 0 N–H and O–H groups in total. The first-order chi connectivity index (χ1) is 12.4. The molecule has 1 aromatic rings. The van der Waals surface area contributed by atoms with Crippen molar-refractivity contribution in [2.75, 3.05) is 13.1 Å². The summed E-state index contributed by atoms with van der Waals surface area (Å²) in [6.45, 7) is 9.80. The van der Waals surface area contributed by atoms with Gasteiger partial charge in [0.2, 0.25) is 0 Å². The van der Waals surface area contributed by atoms with Crippen LogP contribution in [0.2, 0.25) is 0 Å². The Kier molecular flexibility index (Phi) is 10.6. The van der Waals surface area contributed by atoms with Gasteiger partial charge in [0.1, 0.15) is 5.84 Å². The Morgan fingerprint density at radius 3 is 1.96 bits per heavy atom. The number of aryl methyl sites for hydroxylation is 1. The van der Waals surface area contributed by atoms with Crippen molar-refractivity contribution in [2.24, 2.45) is 4.40 Å². The van der Waals surface area contributed by atoms with Crippen LogP contribution in [0.5, 0.6) is 0 Å². The molecule has 0 bridgehead atoms. The Hall–Kier alpha value is -1.36. The Morgan fingerprint density at radius 1 is 0.885 bits per heavy atom. The molecule has 0 radical (unpaired) electrons. The van der Waals surface area contributed by atoms with E-state index in [0.29, 0.717) is 5.84 Å². The molecule has 0 amide bonds. The SMILES string of the molecule is CCCCCCCCC/C(=N/S(=O)(=O)c1ccc(C)cc1)N(CC)CC. The zero-order valence-corrected chi connectivity index (χ0v) is 17.8. The van der Waals surface area contributed by atoms with Gasteiger partial charge in [-0.1, -0.05) is 63.1 Å². The summed E-state index contributed by atoms with van der Waals surface area (Å²) in [6, 6.07) is 6.91. The van der Waals surface area contributed by atoms with E-state index in [0.717, 1.165) is 37.9 Å². The van der Waals surface area contributed by atoms with Gasteiger partial charge in [-0.25, -0.2) is 0 Å². The molecule has 0 fully saturated rings. The van der Waals surface area contributed by atoms with Crippen molar-refractivity contribution in [1.82, 2.24) is 4.90 Å². The van der Waals surface area contributed by atoms with Crippen LogP contribution in [0.3, 0.4) is 0 Å². The van der Waals surface area contributed by atoms with E-state index >= 15 is 0 Å². The first kappa shape index (κ1) is 22.7. The average Bonchev–Trinajstić information content (AvgIpc) is 2.62. The molecule has 0 unspecified atom stereocenters. The molecule has 148 valence electrons. The van der Waals surface area contributed by atoms with Crippen molar-refractivity contribution in [3.05, 3.63) is 29.8 Å². The monoisotopic (exact) mass is 380 g/mol. The molecule has 0 heterocycles. The van der Waals surface area contributed by atoms with Crippen LogP contribution in [0.15, 0.2) is 33.6 Å². The fourth-order valence-corrected chi connectivity index (χ4v) is 4.06. The Labute approximate surface area is 160 Å². The predicted molar refractivity (Wildman–Crippen MR) is 111 cm³/mol. The van der Waals surface area contributed by atoms with E-state index in [1.165, 1.54) is 32.1 Å². The maximum atomic E-state index is 12.7. The molecule has 0 saturated carbocycles. The van der Waals surface area contributed by atoms with Crippen molar-refractivity contribution >= 4 is 15.9 Å². The summed E-state index contributed by atoms with van der Waals surface area (Å²) in [5.74, 6) is 0.698. The van der Waals surface area contributed by atoms with Gasteiger partial charge >= 0.3 is 0 Å². The van der Waals surface area contributed by atoms with Crippen LogP contribution in [0.4, 0.5) is 0 Å². The van der Waals surface area contributed by atoms with E-state index in [4.69, 9.17) is 0 Å². The van der Waals surface area contributed by atoms with E-state index in [1.807, 2.05) is 32.9 Å². The lowest BCUT2D eigenvalue weighted by Gasteiger charge is -2.23. The van der Waals surface area contributed by atoms with E-state index in [-0.39, 0.29) is 4.90 Å². The smallest absolute Gasteiger partial charge is 0.283 e. The summed E-state index contributed by atoms with van der Waals surface area (Å²) >= 11 is 0. The molecular formula is C21H36N2O2S. The molecule has 1 rings (SSSR count). The minimum absolute atomic E-state index is 0.271. The fraction of sp³-hybridized carbons (Fsp3) is 0.667. The van der Waals surface area contributed by atoms with Crippen molar-refractivity contribution in [3.8, 4) is 0 Å². The standard InChI is InChI=1S/C21H36N2O2S/c1-5-8-9-10-11-12-13-14-21(23(6-2)7-3)22-26(24,25)20-17-15-19(4)16-18-20/h15-18H,5-14H2,1-4H3/b22-21-. The Balaban J connectivity index is 2.78. The van der Waals surface area contributed by atoms with Gasteiger partial charge in [0.15, 0.2) is 0 Å². The summed E-state index contributed by atoms with van der Waals surface area (Å²) < 4.78 is 29.6. The number of amidine groups is 1. The number of rotatable bonds is 12. The molecule has 1 aromatic carbocycles. The molecule has 5 heteroatoms. The van der Waals surface area contributed by atoms with Gasteiger partial charge in [-0.3, -0.25) is 0 Å². The summed E-state index contributed by atoms with van der Waals surface area (Å²) in [7, 11) is -3.65. The first-order valence-corrected chi connectivity index (χ1v) is 11.5. The largest absolute Gasteiger partial charge is 0.360 e. The lowest BCUT2D eigenvalue weighted by Crippen LogP contribution is -2.31. The third-order valence-corrected chi connectivity index (χ3v) is 6.00. The van der Waals surface area contributed by atoms with Crippen LogP contribution >= 0.6 is 0 Å². The summed E-state index contributed by atoms with van der Waals surface area (Å²) in [6.07, 6.45) is 9.20. The van der Waals surface area contributed by atoms with Crippen molar-refractivity contribution in [2.45, 2.75) is 84.0 Å². The van der Waals surface area contributed by atoms with Crippen LogP contribution in [-0.4, -0.2) is 32.2 Å². The highest BCUT2D eigenvalue weighted by Crippen LogP contribution is 2.16. The lowest BCUT2D eigenvalue weighted by atomic mass is 10.1. The van der Waals surface area contributed by atoms with Gasteiger partial charge in [0.05, 0.1) is 4.90 Å². The topological polar surface area (TPSA) is 49.7 Å². The second kappa shape index (κ2) is 12.1. The van der Waals surface area contributed by atoms with E-state index in [1.54, 1.807) is 12.1 Å². The molecular weight excluding hydrogens is 344 g/mol. The van der Waals surface area contributed by atoms with Crippen molar-refractivity contribution in [1.29, 1.82) is 0 Å². The molecule has 0 aliphatic rings. The van der Waals surface area contributed by atoms with Gasteiger partial charge in [-0.05, 0) is 39.3 Å². The second-order valence-corrected chi connectivity index (χ2v) is 8.44. The van der Waals surface area contributed by atoms with Gasteiger partial charge in [0, 0.05) is 19.5 Å². The van der Waals surface area contributed by atoms with Crippen LogP contribution in [-0.2, 0) is 10.0 Å². The van der Waals surface area contributed by atoms with Crippen LogP contribution in [0, 0.1) is 6.92 Å². The Morgan fingerprint density at radius 2 is 1.42 bits per heavy atom. The second-order valence-electron chi connectivity index (χ2n) is 6.84. The van der Waals surface area contributed by atoms with Crippen LogP contribution in [0.1, 0.15) is 77.7 Å². The number of unbranched alkanes of at least 4 members (excludes halogenated alkanes) is 6. The van der Waals surface area contributed by atoms with E-state index in [9.17, 15) is 8.42 Å². The zero-order chi connectivity index (χ0) is 19.4. The fourth-order valence-electron chi connectivity index (χ4n) is 2.99. The van der Waals surface area contributed by atoms with Gasteiger partial charge < -0.3 is 4.90 Å². The Bertz CT molecular complexity index is 632. The minimum atomic E-state index is -3.65. The number of nitrogens with zero attached hydrogens (tertiary/aromatic N) is 2. The quantitative estimate of drug-likeness (QED) is 0.271. The molecule has 0 atom stereocenters. The van der Waals surface area contributed by atoms with E-state index in [2.05, 4.69) is 16.2 Å². The minimum Gasteiger partial charge on any atom is -0.360 e. The lowest BCUT2D eigenvalue weighted by molar-refractivity contribution is 0.451. The van der Waals surface area contributed by atoms with Gasteiger partial charge in [-0.15, -0.1) is 4.40 Å². The molecule has 4 nitrogen and oxygen atoms in total. The molecule has 0 spiro atoms. The number of hydrogen-bond acceptors (Lipinski definition) is 2. The number of hydrogen-bond donors (Lipinski definition) is 0. The predicted octanol–water partition coefficient (Wildman–Crippen LogP) is 5.56. The van der Waals surface area contributed by atoms with Crippen molar-refractivity contribution in [3.63, 3.8) is 0 Å². The average molecular weight is 381 g/mol. The highest BCUT2D eigenvalue weighted by molar-refractivity contribution is 7.90. The summed E-state index contributed by atoms with van der Waals surface area (Å²) in [4.78, 5) is 2.33. The van der Waals surface area contributed by atoms with E-state index < -0.39 is 10.0 Å². The molecule has 26 heavy (non-hydrogen) atoms. The van der Waals surface area contributed by atoms with Gasteiger partial charge in [0.25, 0.3) is 10.0 Å². The highest BCUT2D eigenvalue weighted by Gasteiger charge is 2.17. The first-order valence-electron chi connectivity index (χ1n) is 10.1. The molecule has 0 saturated heterocycles. The van der Waals surface area contributed by atoms with Crippen LogP contribution in [0.25, 0.3) is 0 Å². The third kappa shape index (κ3) is 7.90. The number of sulfonamides is 1. The third-order valence-electron chi connectivity index (χ3n) is 4.68. The highest BCUT2D eigenvalue weighted by atomic mass is 32.2. The molecule has 0 aliphatic heterocycles. The maximum Gasteiger partial charge on any atom is 0.283 e. The van der Waals surface area contributed by atoms with Crippen LogP contribution < -0.4 is 0 Å². The summed E-state index contributed by atoms with van der Waals surface area (Å²) in [5, 5.41) is 0. The zero-order valence-electron chi connectivity index (χ0n) is 17.0. The summed E-state index contributed by atoms with van der Waals surface area (Å²) in [5.41, 5.74) is 1.04. The maximum absolute atomic E-state index is 12.7. The normalized spacial score (nSPS) is 12.4. The number of benzene rings is 1. The molecule has 0 aromatic heterocycles. The molecule has 0 aliphatic carbocycles. The van der Waals surface area contributed by atoms with Gasteiger partial charge in [-0.2, -0.15) is 8.42 Å². The van der Waals surface area contributed by atoms with Crippen molar-refractivity contribution < 1.29 is 8.42 Å².